The van der Waals surface area contributed by atoms with E-state index >= 15 is 0 Å². The molecule has 1 aromatic carbocycles. The van der Waals surface area contributed by atoms with E-state index in [1.165, 1.54) is 7.11 Å². The van der Waals surface area contributed by atoms with Gasteiger partial charge in [-0.15, -0.1) is 0 Å². The number of carbonyl (C=O) groups is 2. The highest BCUT2D eigenvalue weighted by Crippen LogP contribution is 2.15. The maximum Gasteiger partial charge on any atom is 0.409 e. The van der Waals surface area contributed by atoms with E-state index in [0.717, 1.165) is 12.8 Å². The molecule has 1 aliphatic rings. The molecule has 0 atom stereocenters. The van der Waals surface area contributed by atoms with E-state index in [4.69, 9.17) is 16.3 Å². The molecule has 7 heteroatoms. The maximum absolute atomic E-state index is 11.9. The summed E-state index contributed by atoms with van der Waals surface area (Å²) in [5.74, 6) is 0.643. The van der Waals surface area contributed by atoms with E-state index in [1.54, 1.807) is 29.2 Å². The summed E-state index contributed by atoms with van der Waals surface area (Å²) in [5, 5.41) is 3.62. The van der Waals surface area contributed by atoms with Gasteiger partial charge in [-0.1, -0.05) is 11.6 Å². The molecule has 1 aromatic rings. The van der Waals surface area contributed by atoms with Gasteiger partial charge in [0.2, 0.25) is 5.91 Å². The molecule has 1 fully saturated rings. The molecule has 0 aromatic heterocycles. The predicted octanol–water partition coefficient (Wildman–Crippen LogP) is 2.46. The molecule has 0 bridgehead atoms. The number of halogens is 1. The first kappa shape index (κ1) is 17.4. The number of benzene rings is 1. The zero-order valence-corrected chi connectivity index (χ0v) is 13.8. The lowest BCUT2D eigenvalue weighted by Crippen LogP contribution is -2.46. The van der Waals surface area contributed by atoms with Crippen molar-refractivity contribution in [3.05, 3.63) is 29.3 Å². The van der Waals surface area contributed by atoms with Crippen LogP contribution in [0, 0.1) is 0 Å². The molecule has 6 nitrogen and oxygen atoms in total. The van der Waals surface area contributed by atoms with Crippen LogP contribution < -0.4 is 10.1 Å². The van der Waals surface area contributed by atoms with Gasteiger partial charge >= 0.3 is 6.09 Å². The Bertz CT molecular complexity index is 527. The molecule has 1 saturated heterocycles. The average molecular weight is 341 g/mol. The topological polar surface area (TPSA) is 67.9 Å². The van der Waals surface area contributed by atoms with E-state index in [0.29, 0.717) is 36.9 Å². The molecule has 126 valence electrons. The SMILES string of the molecule is COC(=O)N1CCC(NC(=O)CCOc2ccc(Cl)cc2)CC1. The van der Waals surface area contributed by atoms with Crippen LogP contribution in [0.2, 0.25) is 5.02 Å². The quantitative estimate of drug-likeness (QED) is 0.894. The Morgan fingerprint density at radius 3 is 2.52 bits per heavy atom. The number of carbonyl (C=O) groups excluding carboxylic acids is 2. The van der Waals surface area contributed by atoms with Gasteiger partial charge in [0.1, 0.15) is 5.75 Å². The number of ether oxygens (including phenoxy) is 2. The molecular formula is C16H21ClN2O4. The summed E-state index contributed by atoms with van der Waals surface area (Å²) in [6, 6.07) is 7.11. The number of nitrogens with one attached hydrogen (secondary N) is 1. The third kappa shape index (κ3) is 5.63. The summed E-state index contributed by atoms with van der Waals surface area (Å²) in [4.78, 5) is 24.9. The van der Waals surface area contributed by atoms with Gasteiger partial charge < -0.3 is 19.7 Å². The summed E-state index contributed by atoms with van der Waals surface area (Å²) in [7, 11) is 1.37. The van der Waals surface area contributed by atoms with Gasteiger partial charge in [-0.25, -0.2) is 4.79 Å². The van der Waals surface area contributed by atoms with Crippen molar-refractivity contribution in [2.24, 2.45) is 0 Å². The van der Waals surface area contributed by atoms with Gasteiger partial charge in [0.25, 0.3) is 0 Å². The van der Waals surface area contributed by atoms with Crippen LogP contribution >= 0.6 is 11.6 Å². The molecule has 2 amide bonds. The zero-order valence-electron chi connectivity index (χ0n) is 13.1. The van der Waals surface area contributed by atoms with Crippen molar-refractivity contribution in [3.63, 3.8) is 0 Å². The minimum absolute atomic E-state index is 0.0459. The minimum Gasteiger partial charge on any atom is -0.493 e. The van der Waals surface area contributed by atoms with Crippen LogP contribution in [0.3, 0.4) is 0 Å². The lowest BCUT2D eigenvalue weighted by atomic mass is 10.1. The number of rotatable bonds is 5. The van der Waals surface area contributed by atoms with E-state index in [1.807, 2.05) is 0 Å². The predicted molar refractivity (Wildman–Crippen MR) is 86.7 cm³/mol. The van der Waals surface area contributed by atoms with Gasteiger partial charge in [-0.05, 0) is 37.1 Å². The number of methoxy groups -OCH3 is 1. The Morgan fingerprint density at radius 2 is 1.91 bits per heavy atom. The van der Waals surface area contributed by atoms with Crippen LogP contribution in [-0.4, -0.2) is 49.7 Å². The summed E-state index contributed by atoms with van der Waals surface area (Å²) in [5.41, 5.74) is 0. The van der Waals surface area contributed by atoms with Crippen LogP contribution in [0.15, 0.2) is 24.3 Å². The molecule has 2 rings (SSSR count). The normalized spacial score (nSPS) is 15.1. The van der Waals surface area contributed by atoms with Crippen LogP contribution in [0.5, 0.6) is 5.75 Å². The fraction of sp³-hybridized carbons (Fsp3) is 0.500. The third-order valence-corrected chi connectivity index (χ3v) is 3.96. The lowest BCUT2D eigenvalue weighted by Gasteiger charge is -2.31. The summed E-state index contributed by atoms with van der Waals surface area (Å²) >= 11 is 5.79. The Balaban J connectivity index is 1.64. The van der Waals surface area contributed by atoms with Crippen molar-refractivity contribution < 1.29 is 19.1 Å². The van der Waals surface area contributed by atoms with E-state index in [2.05, 4.69) is 10.1 Å². The lowest BCUT2D eigenvalue weighted by molar-refractivity contribution is -0.122. The van der Waals surface area contributed by atoms with Crippen LogP contribution in [-0.2, 0) is 9.53 Å². The summed E-state index contributed by atoms with van der Waals surface area (Å²) < 4.78 is 10.2. The molecule has 0 aliphatic carbocycles. The molecule has 23 heavy (non-hydrogen) atoms. The van der Waals surface area contributed by atoms with Gasteiger partial charge in [-0.3, -0.25) is 4.79 Å². The largest absolute Gasteiger partial charge is 0.493 e. The highest BCUT2D eigenvalue weighted by molar-refractivity contribution is 6.30. The van der Waals surface area contributed by atoms with Gasteiger partial charge in [0.05, 0.1) is 20.1 Å². The van der Waals surface area contributed by atoms with Crippen molar-refractivity contribution >= 4 is 23.6 Å². The third-order valence-electron chi connectivity index (χ3n) is 3.70. The second-order valence-electron chi connectivity index (χ2n) is 5.35. The summed E-state index contributed by atoms with van der Waals surface area (Å²) in [6.45, 7) is 1.51. The van der Waals surface area contributed by atoms with E-state index in [9.17, 15) is 9.59 Å². The second kappa shape index (κ2) is 8.62. The van der Waals surface area contributed by atoms with Crippen LogP contribution in [0.4, 0.5) is 4.79 Å². The molecule has 1 heterocycles. The number of piperidine rings is 1. The molecule has 0 saturated carbocycles. The molecular weight excluding hydrogens is 320 g/mol. The zero-order chi connectivity index (χ0) is 16.7. The van der Waals surface area contributed by atoms with Crippen LogP contribution in [0.25, 0.3) is 0 Å². The second-order valence-corrected chi connectivity index (χ2v) is 5.79. The number of likely N-dealkylation sites (tertiary alicyclic amines) is 1. The fourth-order valence-electron chi connectivity index (χ4n) is 2.43. The Hall–Kier alpha value is -1.95. The number of hydrogen-bond acceptors (Lipinski definition) is 4. The standard InChI is InChI=1S/C16H21ClN2O4/c1-22-16(21)19-9-6-13(7-10-19)18-15(20)8-11-23-14-4-2-12(17)3-5-14/h2-5,13H,6-11H2,1H3,(H,18,20). The highest BCUT2D eigenvalue weighted by Gasteiger charge is 2.23. The average Bonchev–Trinajstić information content (AvgIpc) is 2.56. The van der Waals surface area contributed by atoms with Gasteiger partial charge in [0, 0.05) is 24.2 Å². The van der Waals surface area contributed by atoms with E-state index in [-0.39, 0.29) is 18.0 Å². The molecule has 1 aliphatic heterocycles. The monoisotopic (exact) mass is 340 g/mol. The Labute approximate surface area is 140 Å². The van der Waals surface area contributed by atoms with Crippen molar-refractivity contribution in [2.45, 2.75) is 25.3 Å². The molecule has 0 spiro atoms. The minimum atomic E-state index is -0.314. The first-order valence-electron chi connectivity index (χ1n) is 7.59. The fourth-order valence-corrected chi connectivity index (χ4v) is 2.55. The van der Waals surface area contributed by atoms with Crippen molar-refractivity contribution in [1.82, 2.24) is 10.2 Å². The van der Waals surface area contributed by atoms with Crippen molar-refractivity contribution in [3.8, 4) is 5.75 Å². The smallest absolute Gasteiger partial charge is 0.409 e. The van der Waals surface area contributed by atoms with E-state index < -0.39 is 0 Å². The molecule has 0 radical (unpaired) electrons. The molecule has 0 unspecified atom stereocenters. The van der Waals surface area contributed by atoms with Crippen LogP contribution in [0.1, 0.15) is 19.3 Å². The first-order valence-corrected chi connectivity index (χ1v) is 7.97. The highest BCUT2D eigenvalue weighted by atomic mass is 35.5. The first-order chi connectivity index (χ1) is 11.1. The van der Waals surface area contributed by atoms with Gasteiger partial charge in [-0.2, -0.15) is 0 Å². The van der Waals surface area contributed by atoms with Crippen molar-refractivity contribution in [1.29, 1.82) is 0 Å². The Morgan fingerprint density at radius 1 is 1.26 bits per heavy atom. The molecule has 1 N–H and O–H groups in total. The maximum atomic E-state index is 11.9. The van der Waals surface area contributed by atoms with Gasteiger partial charge in [0.15, 0.2) is 0 Å². The summed E-state index contributed by atoms with van der Waals surface area (Å²) in [6.07, 6.45) is 1.45. The number of hydrogen-bond donors (Lipinski definition) is 1. The number of amides is 2. The Kier molecular flexibility index (Phi) is 6.52. The van der Waals surface area contributed by atoms with Crippen molar-refractivity contribution in [2.75, 3.05) is 26.8 Å². The number of nitrogens with zero attached hydrogens (tertiary/aromatic N) is 1.